The van der Waals surface area contributed by atoms with Crippen LogP contribution in [0.1, 0.15) is 37.8 Å². The van der Waals surface area contributed by atoms with Crippen molar-refractivity contribution in [3.63, 3.8) is 0 Å². The fourth-order valence-electron chi connectivity index (χ4n) is 2.56. The molecule has 0 aliphatic heterocycles. The maximum Gasteiger partial charge on any atom is 0.192 e. The molecule has 1 atom stereocenters. The van der Waals surface area contributed by atoms with Crippen LogP contribution in [0.15, 0.2) is 60.7 Å². The Hall–Kier alpha value is -1.42. The molecule has 0 aliphatic rings. The Morgan fingerprint density at radius 1 is 0.875 bits per heavy atom. The molecule has 0 radical (unpaired) electrons. The molecule has 0 amide bonds. The molecule has 0 saturated carbocycles. The molecule has 3 heteroatoms. The van der Waals surface area contributed by atoms with Crippen LogP contribution in [0.5, 0.6) is 0 Å². The molecule has 0 aliphatic carbocycles. The predicted octanol–water partition coefficient (Wildman–Crippen LogP) is 5.20. The fourth-order valence-corrected chi connectivity index (χ4v) is 3.58. The minimum Gasteiger partial charge on any atom is -0.414 e. The summed E-state index contributed by atoms with van der Waals surface area (Å²) in [6, 6.07) is 20.4. The molecule has 2 rings (SSSR count). The molecule has 1 N–H and O–H groups in total. The molecule has 2 nitrogen and oxygen atoms in total. The second kappa shape index (κ2) is 7.64. The third kappa shape index (κ3) is 4.56. The van der Waals surface area contributed by atoms with Crippen molar-refractivity contribution in [1.82, 2.24) is 0 Å². The zero-order chi connectivity index (χ0) is 17.8. The van der Waals surface area contributed by atoms with Gasteiger partial charge in [-0.15, -0.1) is 0 Å². The molecule has 0 aromatic heterocycles. The molecule has 24 heavy (non-hydrogen) atoms. The van der Waals surface area contributed by atoms with Crippen molar-refractivity contribution in [3.05, 3.63) is 71.8 Å². The van der Waals surface area contributed by atoms with E-state index in [1.807, 2.05) is 36.4 Å². The average molecular weight is 343 g/mol. The van der Waals surface area contributed by atoms with E-state index in [1.165, 1.54) is 0 Å². The molecule has 2 aromatic carbocycles. The quantitative estimate of drug-likeness (QED) is 0.731. The molecule has 1 unspecified atom stereocenters. The first-order valence-corrected chi connectivity index (χ1v) is 11.5. The van der Waals surface area contributed by atoms with Crippen molar-refractivity contribution in [2.45, 2.75) is 50.9 Å². The molecule has 0 fully saturated rings. The van der Waals surface area contributed by atoms with Gasteiger partial charge in [0.05, 0.1) is 12.7 Å². The monoisotopic (exact) mass is 342 g/mol. The molecule has 130 valence electrons. The molecule has 0 spiro atoms. The minimum atomic E-state index is -1.88. The van der Waals surface area contributed by atoms with Crippen molar-refractivity contribution < 1.29 is 9.53 Å². The van der Waals surface area contributed by atoms with Gasteiger partial charge < -0.3 is 9.53 Å². The van der Waals surface area contributed by atoms with E-state index in [4.69, 9.17) is 4.43 Å². The van der Waals surface area contributed by atoms with Gasteiger partial charge in [0.25, 0.3) is 0 Å². The summed E-state index contributed by atoms with van der Waals surface area (Å²) in [5, 5.41) is 11.1. The van der Waals surface area contributed by atoms with Crippen LogP contribution in [-0.2, 0) is 4.43 Å². The lowest BCUT2D eigenvalue weighted by Gasteiger charge is -2.37. The summed E-state index contributed by atoms with van der Waals surface area (Å²) in [6.45, 7) is 11.5. The van der Waals surface area contributed by atoms with Crippen molar-refractivity contribution in [2.75, 3.05) is 6.61 Å². The maximum atomic E-state index is 10.9. The highest BCUT2D eigenvalue weighted by Gasteiger charge is 2.38. The van der Waals surface area contributed by atoms with Crippen molar-refractivity contribution in [1.29, 1.82) is 0 Å². The van der Waals surface area contributed by atoms with Gasteiger partial charge in [0, 0.05) is 5.92 Å². The van der Waals surface area contributed by atoms with E-state index in [0.29, 0.717) is 6.61 Å². The van der Waals surface area contributed by atoms with Gasteiger partial charge in [0.15, 0.2) is 8.32 Å². The van der Waals surface area contributed by atoms with E-state index in [2.05, 4.69) is 58.1 Å². The van der Waals surface area contributed by atoms with Crippen molar-refractivity contribution in [3.8, 4) is 0 Å². The topological polar surface area (TPSA) is 29.5 Å². The van der Waals surface area contributed by atoms with Gasteiger partial charge in [-0.3, -0.25) is 0 Å². The van der Waals surface area contributed by atoms with E-state index in [1.54, 1.807) is 0 Å². The Labute approximate surface area is 147 Å². The highest BCUT2D eigenvalue weighted by atomic mass is 28.4. The van der Waals surface area contributed by atoms with Gasteiger partial charge in [0.2, 0.25) is 0 Å². The van der Waals surface area contributed by atoms with Crippen LogP contribution in [0.25, 0.3) is 0 Å². The standard InChI is InChI=1S/C21H30O2Si/c1-21(2,3)24(4,5)23-16-19(22)20(17-12-8-6-9-13-17)18-14-10-7-11-15-18/h6-15,19-20,22H,16H2,1-5H3. The summed E-state index contributed by atoms with van der Waals surface area (Å²) in [5.74, 6) is -0.0721. The second-order valence-electron chi connectivity index (χ2n) is 7.94. The van der Waals surface area contributed by atoms with Crippen LogP contribution in [0.2, 0.25) is 18.1 Å². The SMILES string of the molecule is CC(C)(C)[Si](C)(C)OCC(O)C(c1ccccc1)c1ccccc1. The number of benzene rings is 2. The first-order valence-electron chi connectivity index (χ1n) is 8.64. The van der Waals surface area contributed by atoms with Gasteiger partial charge in [-0.25, -0.2) is 0 Å². The number of aliphatic hydroxyl groups is 1. The van der Waals surface area contributed by atoms with E-state index in [9.17, 15) is 5.11 Å². The molecule has 2 aromatic rings. The first kappa shape index (κ1) is 18.9. The highest BCUT2D eigenvalue weighted by molar-refractivity contribution is 6.74. The van der Waals surface area contributed by atoms with Crippen molar-refractivity contribution in [2.24, 2.45) is 0 Å². The normalized spacial score (nSPS) is 14.0. The van der Waals surface area contributed by atoms with E-state index in [-0.39, 0.29) is 11.0 Å². The van der Waals surface area contributed by atoms with Crippen LogP contribution in [0.3, 0.4) is 0 Å². The minimum absolute atomic E-state index is 0.0721. The van der Waals surface area contributed by atoms with E-state index >= 15 is 0 Å². The molecule has 0 saturated heterocycles. The Bertz CT molecular complexity index is 578. The van der Waals surface area contributed by atoms with Gasteiger partial charge in [0.1, 0.15) is 0 Å². The van der Waals surface area contributed by atoms with Crippen LogP contribution in [0.4, 0.5) is 0 Å². The maximum absolute atomic E-state index is 10.9. The van der Waals surface area contributed by atoms with E-state index < -0.39 is 14.4 Å². The lowest BCUT2D eigenvalue weighted by atomic mass is 9.87. The second-order valence-corrected chi connectivity index (χ2v) is 12.7. The first-order chi connectivity index (χ1) is 11.2. The lowest BCUT2D eigenvalue weighted by molar-refractivity contribution is 0.0869. The predicted molar refractivity (Wildman–Crippen MR) is 104 cm³/mol. The average Bonchev–Trinajstić information content (AvgIpc) is 2.54. The Kier molecular flexibility index (Phi) is 6.02. The largest absolute Gasteiger partial charge is 0.414 e. The molecular weight excluding hydrogens is 312 g/mol. The van der Waals surface area contributed by atoms with Gasteiger partial charge in [-0.05, 0) is 29.3 Å². The van der Waals surface area contributed by atoms with Crippen LogP contribution in [0, 0.1) is 0 Å². The Balaban J connectivity index is 2.22. The van der Waals surface area contributed by atoms with Gasteiger partial charge in [-0.2, -0.15) is 0 Å². The number of hydrogen-bond acceptors (Lipinski definition) is 2. The van der Waals surface area contributed by atoms with Gasteiger partial charge >= 0.3 is 0 Å². The number of aliphatic hydroxyl groups excluding tert-OH is 1. The fraction of sp³-hybridized carbons (Fsp3) is 0.429. The summed E-state index contributed by atoms with van der Waals surface area (Å²) < 4.78 is 6.27. The zero-order valence-corrected chi connectivity index (χ0v) is 16.5. The number of rotatable bonds is 6. The lowest BCUT2D eigenvalue weighted by Crippen LogP contribution is -2.43. The van der Waals surface area contributed by atoms with Crippen molar-refractivity contribution >= 4 is 8.32 Å². The summed E-state index contributed by atoms with van der Waals surface area (Å²) in [7, 11) is -1.88. The Morgan fingerprint density at radius 3 is 1.67 bits per heavy atom. The van der Waals surface area contributed by atoms with E-state index in [0.717, 1.165) is 11.1 Å². The summed E-state index contributed by atoms with van der Waals surface area (Å²) >= 11 is 0. The van der Waals surface area contributed by atoms with Gasteiger partial charge in [-0.1, -0.05) is 81.4 Å². The van der Waals surface area contributed by atoms with Crippen LogP contribution in [-0.4, -0.2) is 26.1 Å². The smallest absolute Gasteiger partial charge is 0.192 e. The molecule has 0 heterocycles. The summed E-state index contributed by atoms with van der Waals surface area (Å²) in [5.41, 5.74) is 2.24. The van der Waals surface area contributed by atoms with Crippen LogP contribution >= 0.6 is 0 Å². The number of hydrogen-bond donors (Lipinski definition) is 1. The Morgan fingerprint density at radius 2 is 1.29 bits per heavy atom. The summed E-state index contributed by atoms with van der Waals surface area (Å²) in [4.78, 5) is 0. The summed E-state index contributed by atoms with van der Waals surface area (Å²) in [6.07, 6.45) is -0.566. The zero-order valence-electron chi connectivity index (χ0n) is 15.5. The van der Waals surface area contributed by atoms with Crippen LogP contribution < -0.4 is 0 Å². The molecule has 0 bridgehead atoms. The highest BCUT2D eigenvalue weighted by Crippen LogP contribution is 2.37. The third-order valence-electron chi connectivity index (χ3n) is 5.12. The molecular formula is C21H30O2Si. The third-order valence-corrected chi connectivity index (χ3v) is 9.62.